The van der Waals surface area contributed by atoms with Crippen molar-refractivity contribution in [3.05, 3.63) is 95.1 Å². The van der Waals surface area contributed by atoms with Crippen LogP contribution in [0.3, 0.4) is 0 Å². The summed E-state index contributed by atoms with van der Waals surface area (Å²) >= 11 is 0. The summed E-state index contributed by atoms with van der Waals surface area (Å²) in [4.78, 5) is 31.3. The second-order valence-electron chi connectivity index (χ2n) is 7.99. The first kappa shape index (κ1) is 22.3. The Bertz CT molecular complexity index is 1190. The number of anilines is 1. The van der Waals surface area contributed by atoms with Crippen LogP contribution in [0.4, 0.5) is 5.69 Å². The summed E-state index contributed by atoms with van der Waals surface area (Å²) in [6.45, 7) is 4.39. The number of aryl methyl sites for hydroxylation is 1. The zero-order valence-corrected chi connectivity index (χ0v) is 18.9. The summed E-state index contributed by atoms with van der Waals surface area (Å²) in [5.74, 6) is 1.87. The van der Waals surface area contributed by atoms with Crippen LogP contribution in [0.5, 0.6) is 0 Å². The summed E-state index contributed by atoms with van der Waals surface area (Å²) in [5.41, 5.74) is 2.99. The van der Waals surface area contributed by atoms with Crippen LogP contribution >= 0.6 is 0 Å². The molecule has 1 aromatic heterocycles. The number of hydrogen-bond acceptors (Lipinski definition) is 4. The number of furan rings is 1. The Hall–Kier alpha value is -3.93. The Kier molecular flexibility index (Phi) is 6.83. The summed E-state index contributed by atoms with van der Waals surface area (Å²) in [5, 5.41) is 2.93. The van der Waals surface area contributed by atoms with Crippen molar-refractivity contribution in [3.8, 4) is 0 Å². The van der Waals surface area contributed by atoms with Gasteiger partial charge in [-0.2, -0.15) is 0 Å². The fourth-order valence-corrected chi connectivity index (χ4v) is 3.73. The van der Waals surface area contributed by atoms with Gasteiger partial charge in [0.25, 0.3) is 5.91 Å². The number of rotatable bonds is 8. The van der Waals surface area contributed by atoms with Crippen molar-refractivity contribution in [3.63, 3.8) is 0 Å². The van der Waals surface area contributed by atoms with Crippen LogP contribution < -0.4 is 10.2 Å². The zero-order valence-electron chi connectivity index (χ0n) is 18.9. The number of nitrogens with one attached hydrogen (secondary N) is 1. The Morgan fingerprint density at radius 1 is 1.03 bits per heavy atom. The number of benzene rings is 2. The average molecular weight is 442 g/mol. The molecule has 6 nitrogen and oxygen atoms in total. The molecule has 2 aromatic carbocycles. The molecule has 1 aliphatic rings. The number of aliphatic imine (C=N–C) groups is 1. The third-order valence-electron chi connectivity index (χ3n) is 5.38. The van der Waals surface area contributed by atoms with Gasteiger partial charge in [-0.1, -0.05) is 49.4 Å². The molecule has 0 atom stereocenters. The number of amidine groups is 1. The number of carbonyl (C=O) groups excluding carboxylic acids is 2. The highest BCUT2D eigenvalue weighted by Crippen LogP contribution is 2.26. The van der Waals surface area contributed by atoms with E-state index in [0.29, 0.717) is 29.5 Å². The van der Waals surface area contributed by atoms with Gasteiger partial charge in [0.05, 0.1) is 12.1 Å². The molecule has 6 heteroatoms. The second kappa shape index (κ2) is 10.1. The van der Waals surface area contributed by atoms with Gasteiger partial charge in [0.1, 0.15) is 23.1 Å². The van der Waals surface area contributed by atoms with E-state index in [1.807, 2.05) is 66.7 Å². The van der Waals surface area contributed by atoms with E-state index in [1.54, 1.807) is 17.9 Å². The zero-order chi connectivity index (χ0) is 23.2. The van der Waals surface area contributed by atoms with Crippen molar-refractivity contribution in [2.75, 3.05) is 4.90 Å². The third kappa shape index (κ3) is 5.47. The lowest BCUT2D eigenvalue weighted by atomic mass is 10.1. The maximum absolute atomic E-state index is 13.0. The minimum Gasteiger partial charge on any atom is -0.462 e. The van der Waals surface area contributed by atoms with Crippen molar-refractivity contribution in [2.45, 2.75) is 39.7 Å². The maximum atomic E-state index is 13.0. The van der Waals surface area contributed by atoms with Gasteiger partial charge in [-0.25, -0.2) is 4.99 Å². The third-order valence-corrected chi connectivity index (χ3v) is 5.38. The van der Waals surface area contributed by atoms with E-state index in [-0.39, 0.29) is 18.2 Å². The number of amides is 2. The molecule has 0 spiro atoms. The molecular formula is C27H27N3O3. The molecule has 0 unspecified atom stereocenters. The lowest BCUT2D eigenvalue weighted by Crippen LogP contribution is -2.30. The van der Waals surface area contributed by atoms with E-state index < -0.39 is 0 Å². The van der Waals surface area contributed by atoms with E-state index in [9.17, 15) is 9.59 Å². The Morgan fingerprint density at radius 2 is 1.79 bits per heavy atom. The lowest BCUT2D eigenvalue weighted by molar-refractivity contribution is -0.120. The van der Waals surface area contributed by atoms with Crippen LogP contribution in [-0.2, 0) is 29.0 Å². The minimum atomic E-state index is -0.200. The highest BCUT2D eigenvalue weighted by molar-refractivity contribution is 6.28. The van der Waals surface area contributed by atoms with Crippen LogP contribution in [0.2, 0.25) is 0 Å². The molecule has 3 aromatic rings. The highest BCUT2D eigenvalue weighted by Gasteiger charge is 2.29. The topological polar surface area (TPSA) is 74.9 Å². The van der Waals surface area contributed by atoms with Gasteiger partial charge < -0.3 is 9.73 Å². The number of nitrogens with zero attached hydrogens (tertiary/aromatic N) is 2. The molecule has 0 radical (unpaired) electrons. The SMILES string of the molecule is CCCc1ccc(/C=C2\N=C(C)N(c3ccc(CC(=O)NCc4ccccc4)cc3)C2=O)o1. The lowest BCUT2D eigenvalue weighted by Gasteiger charge is -2.16. The summed E-state index contributed by atoms with van der Waals surface area (Å²) in [7, 11) is 0. The predicted octanol–water partition coefficient (Wildman–Crippen LogP) is 4.90. The summed E-state index contributed by atoms with van der Waals surface area (Å²) in [6, 6.07) is 21.0. The van der Waals surface area contributed by atoms with E-state index in [0.717, 1.165) is 29.7 Å². The molecule has 1 N–H and O–H groups in total. The fraction of sp³-hybridized carbons (Fsp3) is 0.222. The first-order valence-electron chi connectivity index (χ1n) is 11.1. The molecule has 0 saturated carbocycles. The van der Waals surface area contributed by atoms with Gasteiger partial charge in [0, 0.05) is 19.0 Å². The molecule has 0 aliphatic carbocycles. The van der Waals surface area contributed by atoms with Crippen molar-refractivity contribution in [2.24, 2.45) is 4.99 Å². The van der Waals surface area contributed by atoms with Crippen LogP contribution in [0.15, 0.2) is 81.8 Å². The minimum absolute atomic E-state index is 0.0484. The Balaban J connectivity index is 1.39. The predicted molar refractivity (Wildman–Crippen MR) is 130 cm³/mol. The molecule has 0 bridgehead atoms. The first-order valence-corrected chi connectivity index (χ1v) is 11.1. The average Bonchev–Trinajstić information content (AvgIpc) is 3.37. The molecule has 33 heavy (non-hydrogen) atoms. The van der Waals surface area contributed by atoms with Crippen LogP contribution in [0.25, 0.3) is 6.08 Å². The number of carbonyl (C=O) groups is 2. The molecule has 0 saturated heterocycles. The van der Waals surface area contributed by atoms with Crippen molar-refractivity contribution in [1.29, 1.82) is 0 Å². The molecule has 4 rings (SSSR count). The molecule has 168 valence electrons. The van der Waals surface area contributed by atoms with E-state index >= 15 is 0 Å². The molecule has 2 amide bonds. The van der Waals surface area contributed by atoms with Crippen molar-refractivity contribution in [1.82, 2.24) is 5.32 Å². The number of hydrogen-bond donors (Lipinski definition) is 1. The molecule has 0 fully saturated rings. The monoisotopic (exact) mass is 441 g/mol. The second-order valence-corrected chi connectivity index (χ2v) is 7.99. The van der Waals surface area contributed by atoms with Crippen molar-refractivity contribution >= 4 is 29.4 Å². The Morgan fingerprint density at radius 3 is 2.52 bits per heavy atom. The normalized spacial score (nSPS) is 14.6. The largest absolute Gasteiger partial charge is 0.462 e. The van der Waals surface area contributed by atoms with Gasteiger partial charge >= 0.3 is 0 Å². The highest BCUT2D eigenvalue weighted by atomic mass is 16.3. The van der Waals surface area contributed by atoms with Gasteiger partial charge in [-0.3, -0.25) is 14.5 Å². The van der Waals surface area contributed by atoms with Gasteiger partial charge in [-0.05, 0) is 48.7 Å². The van der Waals surface area contributed by atoms with Gasteiger partial charge in [-0.15, -0.1) is 0 Å². The summed E-state index contributed by atoms with van der Waals surface area (Å²) in [6.07, 6.45) is 3.81. The van der Waals surface area contributed by atoms with Crippen LogP contribution in [0, 0.1) is 0 Å². The van der Waals surface area contributed by atoms with E-state index in [4.69, 9.17) is 4.42 Å². The first-order chi connectivity index (χ1) is 16.0. The van der Waals surface area contributed by atoms with Crippen LogP contribution in [-0.4, -0.2) is 17.6 Å². The van der Waals surface area contributed by atoms with Gasteiger partial charge in [0.2, 0.25) is 5.91 Å². The van der Waals surface area contributed by atoms with Crippen LogP contribution in [0.1, 0.15) is 42.9 Å². The van der Waals surface area contributed by atoms with Gasteiger partial charge in [0.15, 0.2) is 0 Å². The molecule has 1 aliphatic heterocycles. The van der Waals surface area contributed by atoms with E-state index in [2.05, 4.69) is 17.2 Å². The smallest absolute Gasteiger partial charge is 0.282 e. The quantitative estimate of drug-likeness (QED) is 0.506. The van der Waals surface area contributed by atoms with E-state index in [1.165, 1.54) is 0 Å². The molecular weight excluding hydrogens is 414 g/mol. The standard InChI is InChI=1S/C27H27N3O3/c1-3-7-23-14-15-24(33-23)17-25-27(32)30(19(2)29-25)22-12-10-20(11-13-22)16-26(31)28-18-21-8-5-4-6-9-21/h4-6,8-15,17H,3,7,16,18H2,1-2H3,(H,28,31)/b25-17-. The molecule has 2 heterocycles. The van der Waals surface area contributed by atoms with Crippen molar-refractivity contribution < 1.29 is 14.0 Å². The summed E-state index contributed by atoms with van der Waals surface area (Å²) < 4.78 is 5.76. The fourth-order valence-electron chi connectivity index (χ4n) is 3.73. The Labute approximate surface area is 193 Å². The maximum Gasteiger partial charge on any atom is 0.282 e.